The predicted molar refractivity (Wildman–Crippen MR) is 137 cm³/mol. The maximum absolute atomic E-state index is 13.8. The molecule has 0 aliphatic carbocycles. The number of ketones is 1. The summed E-state index contributed by atoms with van der Waals surface area (Å²) in [5.74, 6) is 0.282. The van der Waals surface area contributed by atoms with Crippen molar-refractivity contribution in [3.05, 3.63) is 71.3 Å². The van der Waals surface area contributed by atoms with Crippen LogP contribution in [0.3, 0.4) is 0 Å². The first kappa shape index (κ1) is 24.4. The number of rotatable bonds is 7. The Kier molecular flexibility index (Phi) is 7.17. The molecule has 3 aromatic carbocycles. The van der Waals surface area contributed by atoms with Crippen LogP contribution in [0.15, 0.2) is 54.6 Å². The van der Waals surface area contributed by atoms with Gasteiger partial charge in [0, 0.05) is 16.8 Å². The van der Waals surface area contributed by atoms with E-state index in [1.165, 1.54) is 0 Å². The molecule has 0 radical (unpaired) electrons. The second-order valence-electron chi connectivity index (χ2n) is 8.90. The standard InChI is InChI=1S/C28H31N3O4/c1-17(29-3)27(33)30-24-13-10-19-7-5-6-8-25(19)31(28(24)34)16-23-22-12-9-20(18(2)32)15-21(22)11-14-26(23)35-4/h5-9,11-12,14-15,17,24,29H,10,13,16H2,1-4H3,(H,30,33). The smallest absolute Gasteiger partial charge is 0.249 e. The zero-order chi connectivity index (χ0) is 25.1. The van der Waals surface area contributed by atoms with Gasteiger partial charge >= 0.3 is 0 Å². The number of Topliss-reactive ketones (excluding diaryl/α,β-unsaturated/α-hetero) is 1. The third-order valence-electron chi connectivity index (χ3n) is 6.72. The molecule has 182 valence electrons. The van der Waals surface area contributed by atoms with Crippen molar-refractivity contribution in [3.8, 4) is 5.75 Å². The van der Waals surface area contributed by atoms with E-state index in [0.717, 1.165) is 27.6 Å². The number of anilines is 1. The molecule has 2 amide bonds. The fourth-order valence-electron chi connectivity index (χ4n) is 4.55. The van der Waals surface area contributed by atoms with Crippen molar-refractivity contribution in [1.29, 1.82) is 0 Å². The van der Waals surface area contributed by atoms with Gasteiger partial charge in [0.25, 0.3) is 0 Å². The average Bonchev–Trinajstić information content (AvgIpc) is 3.00. The lowest BCUT2D eigenvalue weighted by molar-refractivity contribution is -0.128. The SMILES string of the molecule is CNC(C)C(=O)NC1CCc2ccccc2N(Cc2c(OC)ccc3cc(C(C)=O)ccc23)C1=O. The molecule has 3 aromatic rings. The van der Waals surface area contributed by atoms with Crippen molar-refractivity contribution in [2.24, 2.45) is 0 Å². The van der Waals surface area contributed by atoms with Gasteiger partial charge in [-0.15, -0.1) is 0 Å². The van der Waals surface area contributed by atoms with Crippen LogP contribution < -0.4 is 20.3 Å². The number of nitrogens with zero attached hydrogens (tertiary/aromatic N) is 1. The van der Waals surface area contributed by atoms with Crippen LogP contribution in [0.25, 0.3) is 10.8 Å². The Balaban J connectivity index is 1.78. The minimum atomic E-state index is -0.643. The molecule has 1 aliphatic rings. The number of fused-ring (bicyclic) bond motifs is 2. The molecule has 4 rings (SSSR count). The predicted octanol–water partition coefficient (Wildman–Crippen LogP) is 3.62. The fraction of sp³-hybridized carbons (Fsp3) is 0.321. The topological polar surface area (TPSA) is 87.7 Å². The molecule has 1 aliphatic heterocycles. The number of para-hydroxylation sites is 1. The van der Waals surface area contributed by atoms with Gasteiger partial charge in [0.05, 0.1) is 19.7 Å². The quantitative estimate of drug-likeness (QED) is 0.512. The molecule has 0 saturated heterocycles. The van der Waals surface area contributed by atoms with Gasteiger partial charge in [0.15, 0.2) is 5.78 Å². The van der Waals surface area contributed by atoms with E-state index in [9.17, 15) is 14.4 Å². The first-order valence-corrected chi connectivity index (χ1v) is 11.8. The van der Waals surface area contributed by atoms with Crippen LogP contribution in [0.5, 0.6) is 5.75 Å². The van der Waals surface area contributed by atoms with Crippen LogP contribution in [-0.2, 0) is 22.6 Å². The number of aryl methyl sites for hydroxylation is 1. The maximum Gasteiger partial charge on any atom is 0.249 e. The molecule has 7 nitrogen and oxygen atoms in total. The number of hydrogen-bond acceptors (Lipinski definition) is 5. The van der Waals surface area contributed by atoms with Gasteiger partial charge in [0.1, 0.15) is 11.8 Å². The molecule has 1 heterocycles. The van der Waals surface area contributed by atoms with E-state index in [1.54, 1.807) is 39.0 Å². The van der Waals surface area contributed by atoms with Crippen molar-refractivity contribution >= 4 is 34.1 Å². The summed E-state index contributed by atoms with van der Waals surface area (Å²) >= 11 is 0. The summed E-state index contributed by atoms with van der Waals surface area (Å²) in [7, 11) is 3.32. The van der Waals surface area contributed by atoms with Crippen molar-refractivity contribution in [2.45, 2.75) is 45.3 Å². The van der Waals surface area contributed by atoms with E-state index in [-0.39, 0.29) is 24.1 Å². The summed E-state index contributed by atoms with van der Waals surface area (Å²) in [6, 6.07) is 16.2. The van der Waals surface area contributed by atoms with Crippen LogP contribution in [-0.4, -0.2) is 43.8 Å². The minimum absolute atomic E-state index is 0.00438. The summed E-state index contributed by atoms with van der Waals surface area (Å²) in [6.45, 7) is 3.57. The molecule has 0 saturated carbocycles. The van der Waals surface area contributed by atoms with Gasteiger partial charge in [-0.25, -0.2) is 0 Å². The van der Waals surface area contributed by atoms with E-state index in [0.29, 0.717) is 24.2 Å². The first-order valence-electron chi connectivity index (χ1n) is 11.8. The van der Waals surface area contributed by atoms with E-state index < -0.39 is 12.1 Å². The number of nitrogens with one attached hydrogen (secondary N) is 2. The van der Waals surface area contributed by atoms with Gasteiger partial charge in [-0.05, 0) is 68.3 Å². The van der Waals surface area contributed by atoms with Gasteiger partial charge in [-0.1, -0.05) is 36.4 Å². The zero-order valence-corrected chi connectivity index (χ0v) is 20.6. The monoisotopic (exact) mass is 473 g/mol. The number of methoxy groups -OCH3 is 1. The van der Waals surface area contributed by atoms with Crippen LogP contribution >= 0.6 is 0 Å². The Bertz CT molecular complexity index is 1290. The second kappa shape index (κ2) is 10.3. The number of carbonyl (C=O) groups is 3. The van der Waals surface area contributed by atoms with Crippen molar-refractivity contribution < 1.29 is 19.1 Å². The number of amides is 2. The summed E-state index contributed by atoms with van der Waals surface area (Å²) < 4.78 is 5.68. The maximum atomic E-state index is 13.8. The number of carbonyl (C=O) groups excluding carboxylic acids is 3. The van der Waals surface area contributed by atoms with E-state index in [1.807, 2.05) is 48.5 Å². The molecule has 7 heteroatoms. The summed E-state index contributed by atoms with van der Waals surface area (Å²) in [4.78, 5) is 40.1. The molecule has 2 unspecified atom stereocenters. The molecule has 35 heavy (non-hydrogen) atoms. The highest BCUT2D eigenvalue weighted by Crippen LogP contribution is 2.34. The molecule has 0 fully saturated rings. The normalized spacial score (nSPS) is 16.4. The van der Waals surface area contributed by atoms with E-state index >= 15 is 0 Å². The third kappa shape index (κ3) is 4.91. The minimum Gasteiger partial charge on any atom is -0.496 e. The van der Waals surface area contributed by atoms with Gasteiger partial charge < -0.3 is 20.3 Å². The lowest BCUT2D eigenvalue weighted by Gasteiger charge is -2.28. The number of hydrogen-bond donors (Lipinski definition) is 2. The van der Waals surface area contributed by atoms with Gasteiger partial charge in [-0.2, -0.15) is 0 Å². The molecular formula is C28H31N3O4. The van der Waals surface area contributed by atoms with Crippen LogP contribution in [0.4, 0.5) is 5.69 Å². The van der Waals surface area contributed by atoms with Gasteiger partial charge in [-0.3, -0.25) is 14.4 Å². The first-order chi connectivity index (χ1) is 16.8. The molecule has 0 bridgehead atoms. The van der Waals surface area contributed by atoms with Crippen LogP contribution in [0.2, 0.25) is 0 Å². The fourth-order valence-corrected chi connectivity index (χ4v) is 4.55. The molecule has 2 atom stereocenters. The average molecular weight is 474 g/mol. The number of benzene rings is 3. The van der Waals surface area contributed by atoms with Gasteiger partial charge in [0.2, 0.25) is 11.8 Å². The Labute approximate surface area is 205 Å². The largest absolute Gasteiger partial charge is 0.496 e. The lowest BCUT2D eigenvalue weighted by Crippen LogP contribution is -2.52. The van der Waals surface area contributed by atoms with Crippen LogP contribution in [0.1, 0.15) is 41.8 Å². The highest BCUT2D eigenvalue weighted by Gasteiger charge is 2.33. The van der Waals surface area contributed by atoms with Crippen molar-refractivity contribution in [3.63, 3.8) is 0 Å². The highest BCUT2D eigenvalue weighted by molar-refractivity contribution is 6.02. The zero-order valence-electron chi connectivity index (χ0n) is 20.6. The van der Waals surface area contributed by atoms with E-state index in [2.05, 4.69) is 10.6 Å². The summed E-state index contributed by atoms with van der Waals surface area (Å²) in [6.07, 6.45) is 1.19. The number of ether oxygens (including phenoxy) is 1. The van der Waals surface area contributed by atoms with E-state index in [4.69, 9.17) is 4.74 Å². The Morgan fingerprint density at radius 3 is 2.63 bits per heavy atom. The Hall–Kier alpha value is -3.71. The number of likely N-dealkylation sites (N-methyl/N-ethyl adjacent to an activating group) is 1. The van der Waals surface area contributed by atoms with Crippen molar-refractivity contribution in [2.75, 3.05) is 19.1 Å². The summed E-state index contributed by atoms with van der Waals surface area (Å²) in [5, 5.41) is 7.67. The molecule has 0 aromatic heterocycles. The highest BCUT2D eigenvalue weighted by atomic mass is 16.5. The lowest BCUT2D eigenvalue weighted by atomic mass is 9.99. The molecule has 2 N–H and O–H groups in total. The summed E-state index contributed by atoms with van der Waals surface area (Å²) in [5.41, 5.74) is 3.36. The third-order valence-corrected chi connectivity index (χ3v) is 6.72. The molecule has 0 spiro atoms. The molecular weight excluding hydrogens is 442 g/mol. The Morgan fingerprint density at radius 1 is 1.14 bits per heavy atom. The Morgan fingerprint density at radius 2 is 1.91 bits per heavy atom. The van der Waals surface area contributed by atoms with Crippen LogP contribution in [0, 0.1) is 0 Å². The second-order valence-corrected chi connectivity index (χ2v) is 8.90. The van der Waals surface area contributed by atoms with Crippen molar-refractivity contribution in [1.82, 2.24) is 10.6 Å².